The standard InChI is InChI=1S/C6H7FO/c1-2-3-6(4-7)5-8/h2-3,5H,1,4H2/b6-3+. The molecule has 0 amide bonds. The average molecular weight is 114 g/mol. The minimum Gasteiger partial charge on any atom is -0.298 e. The number of allylic oxidation sites excluding steroid dienone is 3. The van der Waals surface area contributed by atoms with Crippen LogP contribution in [-0.4, -0.2) is 13.0 Å². The van der Waals surface area contributed by atoms with Crippen molar-refractivity contribution in [1.82, 2.24) is 0 Å². The minimum atomic E-state index is -0.713. The van der Waals surface area contributed by atoms with E-state index in [4.69, 9.17) is 0 Å². The van der Waals surface area contributed by atoms with Crippen LogP contribution in [0.3, 0.4) is 0 Å². The Morgan fingerprint density at radius 3 is 2.50 bits per heavy atom. The van der Waals surface area contributed by atoms with E-state index in [-0.39, 0.29) is 5.57 Å². The molecule has 0 rings (SSSR count). The Balaban J connectivity index is 3.84. The maximum atomic E-state index is 11.5. The summed E-state index contributed by atoms with van der Waals surface area (Å²) >= 11 is 0. The second kappa shape index (κ2) is 4.24. The molecule has 0 aromatic carbocycles. The van der Waals surface area contributed by atoms with E-state index in [0.29, 0.717) is 6.29 Å². The van der Waals surface area contributed by atoms with Crippen LogP contribution < -0.4 is 0 Å². The van der Waals surface area contributed by atoms with Crippen molar-refractivity contribution in [3.63, 3.8) is 0 Å². The molecule has 0 N–H and O–H groups in total. The van der Waals surface area contributed by atoms with E-state index in [0.717, 1.165) is 0 Å². The Labute approximate surface area is 47.5 Å². The number of carbonyl (C=O) groups is 1. The van der Waals surface area contributed by atoms with Crippen LogP contribution in [0.2, 0.25) is 0 Å². The first-order chi connectivity index (χ1) is 3.85. The van der Waals surface area contributed by atoms with Crippen LogP contribution in [0.25, 0.3) is 0 Å². The van der Waals surface area contributed by atoms with E-state index < -0.39 is 6.67 Å². The highest BCUT2D eigenvalue weighted by atomic mass is 19.1. The highest BCUT2D eigenvalue weighted by Crippen LogP contribution is 1.88. The van der Waals surface area contributed by atoms with Gasteiger partial charge in [0.05, 0.1) is 0 Å². The van der Waals surface area contributed by atoms with Crippen LogP contribution in [0.5, 0.6) is 0 Å². The van der Waals surface area contributed by atoms with Crippen LogP contribution in [0, 0.1) is 0 Å². The van der Waals surface area contributed by atoms with Gasteiger partial charge in [-0.25, -0.2) is 4.39 Å². The molecule has 0 saturated heterocycles. The molecule has 0 aliphatic carbocycles. The zero-order valence-corrected chi connectivity index (χ0v) is 4.43. The molecule has 44 valence electrons. The highest BCUT2D eigenvalue weighted by Gasteiger charge is 1.87. The number of halogens is 1. The Morgan fingerprint density at radius 1 is 1.75 bits per heavy atom. The molecule has 0 fully saturated rings. The fourth-order valence-electron chi connectivity index (χ4n) is 0.267. The molecule has 1 nitrogen and oxygen atoms in total. The Hall–Kier alpha value is -0.920. The molecular weight excluding hydrogens is 107 g/mol. The smallest absolute Gasteiger partial charge is 0.148 e. The van der Waals surface area contributed by atoms with Crippen LogP contribution >= 0.6 is 0 Å². The number of carbonyl (C=O) groups excluding carboxylic acids is 1. The summed E-state index contributed by atoms with van der Waals surface area (Å²) in [5.74, 6) is 0. The molecule has 0 atom stereocenters. The molecule has 2 heteroatoms. The van der Waals surface area contributed by atoms with Crippen molar-refractivity contribution in [3.05, 3.63) is 24.3 Å². The van der Waals surface area contributed by atoms with Gasteiger partial charge in [-0.3, -0.25) is 4.79 Å². The number of hydrogen-bond donors (Lipinski definition) is 0. The van der Waals surface area contributed by atoms with Gasteiger partial charge < -0.3 is 0 Å². The molecule has 0 bridgehead atoms. The summed E-state index contributed by atoms with van der Waals surface area (Å²) in [6.07, 6.45) is 3.19. The summed E-state index contributed by atoms with van der Waals surface area (Å²) in [5, 5.41) is 0. The first-order valence-electron chi connectivity index (χ1n) is 2.18. The van der Waals surface area contributed by atoms with Crippen LogP contribution in [0.1, 0.15) is 0 Å². The van der Waals surface area contributed by atoms with Gasteiger partial charge in [0.1, 0.15) is 13.0 Å². The topological polar surface area (TPSA) is 17.1 Å². The Morgan fingerprint density at radius 2 is 2.38 bits per heavy atom. The molecule has 0 aromatic rings. The molecule has 0 radical (unpaired) electrons. The minimum absolute atomic E-state index is 0.125. The molecule has 0 unspecified atom stereocenters. The third-order valence-electron chi connectivity index (χ3n) is 0.638. The summed E-state index contributed by atoms with van der Waals surface area (Å²) in [4.78, 5) is 9.77. The predicted octanol–water partition coefficient (Wildman–Crippen LogP) is 1.27. The molecule has 0 aromatic heterocycles. The fourth-order valence-corrected chi connectivity index (χ4v) is 0.267. The van der Waals surface area contributed by atoms with Gasteiger partial charge in [-0.15, -0.1) is 0 Å². The normalized spacial score (nSPS) is 10.9. The zero-order valence-electron chi connectivity index (χ0n) is 4.43. The lowest BCUT2D eigenvalue weighted by atomic mass is 10.3. The molecule has 8 heavy (non-hydrogen) atoms. The van der Waals surface area contributed by atoms with Gasteiger partial charge in [0, 0.05) is 5.57 Å². The molecule has 0 aliphatic heterocycles. The van der Waals surface area contributed by atoms with Gasteiger partial charge in [-0.05, 0) is 0 Å². The molecule has 0 spiro atoms. The Bertz CT molecular complexity index is 116. The summed E-state index contributed by atoms with van der Waals surface area (Å²) < 4.78 is 11.5. The van der Waals surface area contributed by atoms with Crippen LogP contribution in [0.15, 0.2) is 24.3 Å². The lowest BCUT2D eigenvalue weighted by Gasteiger charge is -1.82. The third kappa shape index (κ3) is 2.29. The van der Waals surface area contributed by atoms with Crippen LogP contribution in [-0.2, 0) is 4.79 Å². The van der Waals surface area contributed by atoms with Gasteiger partial charge in [-0.2, -0.15) is 0 Å². The van der Waals surface area contributed by atoms with E-state index >= 15 is 0 Å². The summed E-state index contributed by atoms with van der Waals surface area (Å²) in [6, 6.07) is 0. The van der Waals surface area contributed by atoms with E-state index in [9.17, 15) is 9.18 Å². The first kappa shape index (κ1) is 7.08. The second-order valence-corrected chi connectivity index (χ2v) is 1.23. The highest BCUT2D eigenvalue weighted by molar-refractivity contribution is 5.73. The van der Waals surface area contributed by atoms with Crippen molar-refractivity contribution in [3.8, 4) is 0 Å². The number of rotatable bonds is 3. The quantitative estimate of drug-likeness (QED) is 0.307. The summed E-state index contributed by atoms with van der Waals surface area (Å²) in [7, 11) is 0. The molecule has 0 heterocycles. The largest absolute Gasteiger partial charge is 0.298 e. The average Bonchev–Trinajstić information content (AvgIpc) is 1.83. The van der Waals surface area contributed by atoms with Crippen molar-refractivity contribution in [1.29, 1.82) is 0 Å². The second-order valence-electron chi connectivity index (χ2n) is 1.23. The SMILES string of the molecule is C=C/C=C(/C=O)CF. The molecular formula is C6H7FO. The van der Waals surface area contributed by atoms with E-state index in [1.54, 1.807) is 0 Å². The third-order valence-corrected chi connectivity index (χ3v) is 0.638. The van der Waals surface area contributed by atoms with Gasteiger partial charge in [0.25, 0.3) is 0 Å². The van der Waals surface area contributed by atoms with Crippen molar-refractivity contribution in [2.45, 2.75) is 0 Å². The maximum Gasteiger partial charge on any atom is 0.148 e. The van der Waals surface area contributed by atoms with Crippen molar-refractivity contribution in [2.75, 3.05) is 6.67 Å². The van der Waals surface area contributed by atoms with Crippen molar-refractivity contribution >= 4 is 6.29 Å². The van der Waals surface area contributed by atoms with E-state index in [1.807, 2.05) is 0 Å². The lowest BCUT2D eigenvalue weighted by molar-refractivity contribution is -0.105. The maximum absolute atomic E-state index is 11.5. The van der Waals surface area contributed by atoms with E-state index in [2.05, 4.69) is 6.58 Å². The Kier molecular flexibility index (Phi) is 3.76. The monoisotopic (exact) mass is 114 g/mol. The lowest BCUT2D eigenvalue weighted by Crippen LogP contribution is -1.83. The van der Waals surface area contributed by atoms with E-state index in [1.165, 1.54) is 12.2 Å². The van der Waals surface area contributed by atoms with Gasteiger partial charge >= 0.3 is 0 Å². The fraction of sp³-hybridized carbons (Fsp3) is 0.167. The number of aldehydes is 1. The summed E-state index contributed by atoms with van der Waals surface area (Å²) in [5.41, 5.74) is 0.125. The molecule has 0 aliphatic rings. The van der Waals surface area contributed by atoms with Crippen LogP contribution in [0.4, 0.5) is 4.39 Å². The predicted molar refractivity (Wildman–Crippen MR) is 30.3 cm³/mol. The first-order valence-corrected chi connectivity index (χ1v) is 2.18. The number of hydrogen-bond acceptors (Lipinski definition) is 1. The van der Waals surface area contributed by atoms with Gasteiger partial charge in [-0.1, -0.05) is 18.7 Å². The molecule has 0 saturated carbocycles. The van der Waals surface area contributed by atoms with Crippen molar-refractivity contribution in [2.24, 2.45) is 0 Å². The summed E-state index contributed by atoms with van der Waals surface area (Å²) in [6.45, 7) is 2.58. The van der Waals surface area contributed by atoms with Gasteiger partial charge in [0.15, 0.2) is 0 Å². The zero-order chi connectivity index (χ0) is 6.41. The van der Waals surface area contributed by atoms with Crippen molar-refractivity contribution < 1.29 is 9.18 Å². The number of alkyl halides is 1. The van der Waals surface area contributed by atoms with Gasteiger partial charge in [0.2, 0.25) is 0 Å².